The fraction of sp³-hybridized carbons (Fsp3) is 0.125. The standard InChI is InChI=1S/C16H15NO6/c1-22-11-5-9(6-12(8-11)23-2)15(19)17-14-4-3-10(18)7-13(14)16(20)21/h3-8,18H,1-2H3,(H,17,19)(H,20,21)/p-1. The summed E-state index contributed by atoms with van der Waals surface area (Å²) in [5.41, 5.74) is -0.0201. The van der Waals surface area contributed by atoms with Gasteiger partial charge in [-0.3, -0.25) is 4.79 Å². The van der Waals surface area contributed by atoms with Crippen LogP contribution in [0.3, 0.4) is 0 Å². The van der Waals surface area contributed by atoms with Gasteiger partial charge in [0.05, 0.1) is 25.5 Å². The smallest absolute Gasteiger partial charge is 0.337 e. The lowest BCUT2D eigenvalue weighted by Crippen LogP contribution is -2.15. The maximum atomic E-state index is 12.3. The molecule has 2 aromatic carbocycles. The topological polar surface area (TPSA) is 108 Å². The third-order valence-electron chi connectivity index (χ3n) is 3.08. The lowest BCUT2D eigenvalue weighted by atomic mass is 10.1. The van der Waals surface area contributed by atoms with Gasteiger partial charge in [0.15, 0.2) is 0 Å². The van der Waals surface area contributed by atoms with Crippen molar-refractivity contribution >= 4 is 17.6 Å². The number of amides is 1. The van der Waals surface area contributed by atoms with Crippen molar-refractivity contribution in [2.75, 3.05) is 19.5 Å². The van der Waals surface area contributed by atoms with Crippen molar-refractivity contribution in [3.8, 4) is 17.2 Å². The van der Waals surface area contributed by atoms with Crippen LogP contribution < -0.4 is 19.9 Å². The van der Waals surface area contributed by atoms with E-state index in [1.807, 2.05) is 0 Å². The molecule has 0 saturated heterocycles. The molecule has 7 nitrogen and oxygen atoms in total. The average molecular weight is 316 g/mol. The molecule has 0 spiro atoms. The fourth-order valence-corrected chi connectivity index (χ4v) is 1.94. The lowest BCUT2D eigenvalue weighted by molar-refractivity contribution is -0.268. The maximum absolute atomic E-state index is 12.3. The van der Waals surface area contributed by atoms with Gasteiger partial charge in [0.25, 0.3) is 5.91 Å². The number of carboxylic acids is 1. The first-order valence-electron chi connectivity index (χ1n) is 6.53. The van der Waals surface area contributed by atoms with E-state index in [1.165, 1.54) is 38.5 Å². The third kappa shape index (κ3) is 3.70. The van der Waals surface area contributed by atoms with Crippen LogP contribution in [-0.2, 0) is 0 Å². The molecule has 2 N–H and O–H groups in total. The quantitative estimate of drug-likeness (QED) is 0.869. The Bertz CT molecular complexity index is 734. The highest BCUT2D eigenvalue weighted by molar-refractivity contribution is 6.08. The Morgan fingerprint density at radius 1 is 1.04 bits per heavy atom. The molecule has 0 aliphatic carbocycles. The molecule has 0 bridgehead atoms. The van der Waals surface area contributed by atoms with Crippen molar-refractivity contribution in [1.29, 1.82) is 0 Å². The van der Waals surface area contributed by atoms with Crippen LogP contribution in [0.2, 0.25) is 0 Å². The van der Waals surface area contributed by atoms with Gasteiger partial charge >= 0.3 is 5.97 Å². The number of benzene rings is 2. The van der Waals surface area contributed by atoms with Crippen LogP contribution in [0, 0.1) is 0 Å². The zero-order chi connectivity index (χ0) is 17.0. The highest BCUT2D eigenvalue weighted by Gasteiger charge is 2.15. The van der Waals surface area contributed by atoms with E-state index >= 15 is 0 Å². The van der Waals surface area contributed by atoms with E-state index in [1.54, 1.807) is 6.07 Å². The average Bonchev–Trinajstić information content (AvgIpc) is 2.55. The number of anilines is 1. The molecule has 0 aliphatic rings. The molecule has 0 aromatic heterocycles. The number of ether oxygens (including phenoxy) is 2. The minimum atomic E-state index is -1.30. The van der Waals surface area contributed by atoms with Crippen molar-refractivity contribution in [2.45, 2.75) is 0 Å². The van der Waals surface area contributed by atoms with Crippen molar-refractivity contribution in [3.63, 3.8) is 0 Å². The molecule has 2 rings (SSSR count). The van der Waals surface area contributed by atoms with E-state index < -0.39 is 17.6 Å². The molecule has 0 fully saturated rings. The van der Waals surface area contributed by atoms with E-state index in [0.717, 1.165) is 6.07 Å². The van der Waals surface area contributed by atoms with Crippen LogP contribution in [0.25, 0.3) is 0 Å². The molecule has 120 valence electrons. The first-order chi connectivity index (χ1) is 10.9. The second-order valence-corrected chi connectivity index (χ2v) is 4.57. The van der Waals surface area contributed by atoms with E-state index in [9.17, 15) is 14.7 Å². The van der Waals surface area contributed by atoms with Gasteiger partial charge in [-0.15, -0.1) is 5.75 Å². The Hall–Kier alpha value is -3.22. The Balaban J connectivity index is 2.34. The normalized spacial score (nSPS) is 10.0. The summed E-state index contributed by atoms with van der Waals surface area (Å²) in [6, 6.07) is 7.95. The molecule has 1 amide bonds. The summed E-state index contributed by atoms with van der Waals surface area (Å²) in [4.78, 5) is 23.5. The molecule has 0 unspecified atom stereocenters. The van der Waals surface area contributed by atoms with Crippen LogP contribution in [0.5, 0.6) is 17.2 Å². The number of carboxylic acid groups (broad SMARTS) is 1. The van der Waals surface area contributed by atoms with Crippen LogP contribution >= 0.6 is 0 Å². The highest BCUT2D eigenvalue weighted by atomic mass is 16.5. The molecule has 23 heavy (non-hydrogen) atoms. The fourth-order valence-electron chi connectivity index (χ4n) is 1.94. The molecule has 0 radical (unpaired) electrons. The van der Waals surface area contributed by atoms with Gasteiger partial charge in [-0.25, -0.2) is 4.79 Å². The zero-order valence-electron chi connectivity index (χ0n) is 12.5. The van der Waals surface area contributed by atoms with Crippen LogP contribution in [0.1, 0.15) is 20.7 Å². The predicted molar refractivity (Wildman–Crippen MR) is 80.3 cm³/mol. The molecule has 0 atom stereocenters. The number of nitrogens with one attached hydrogen (secondary N) is 1. The minimum Gasteiger partial charge on any atom is -0.872 e. The molecular formula is C16H14NO6-. The summed E-state index contributed by atoms with van der Waals surface area (Å²) in [6.45, 7) is 0. The number of hydrogen-bond acceptors (Lipinski definition) is 5. The molecule has 2 aromatic rings. The van der Waals surface area contributed by atoms with Gasteiger partial charge in [0, 0.05) is 11.6 Å². The SMILES string of the molecule is COc1cc(OC)cc(C(=O)Nc2ccc([O-])cc2C(=O)O)c1. The second kappa shape index (κ2) is 6.69. The third-order valence-corrected chi connectivity index (χ3v) is 3.08. The zero-order valence-corrected chi connectivity index (χ0v) is 12.5. The summed E-state index contributed by atoms with van der Waals surface area (Å²) < 4.78 is 10.2. The van der Waals surface area contributed by atoms with Crippen molar-refractivity contribution < 1.29 is 29.3 Å². The Labute approximate surface area is 132 Å². The van der Waals surface area contributed by atoms with Crippen LogP contribution in [0.15, 0.2) is 36.4 Å². The number of methoxy groups -OCH3 is 2. The summed E-state index contributed by atoms with van der Waals surface area (Å²) in [5, 5.41) is 22.8. The van der Waals surface area contributed by atoms with Gasteiger partial charge in [-0.1, -0.05) is 12.1 Å². The van der Waals surface area contributed by atoms with Gasteiger partial charge in [0.1, 0.15) is 11.5 Å². The van der Waals surface area contributed by atoms with Gasteiger partial charge in [0.2, 0.25) is 0 Å². The van der Waals surface area contributed by atoms with Crippen molar-refractivity contribution in [3.05, 3.63) is 47.5 Å². The monoisotopic (exact) mass is 316 g/mol. The summed E-state index contributed by atoms with van der Waals surface area (Å²) >= 11 is 0. The Morgan fingerprint density at radius 2 is 1.65 bits per heavy atom. The van der Waals surface area contributed by atoms with Gasteiger partial charge in [-0.05, 0) is 18.2 Å². The van der Waals surface area contributed by atoms with E-state index in [-0.39, 0.29) is 16.8 Å². The molecule has 0 heterocycles. The Kier molecular flexibility index (Phi) is 4.70. The van der Waals surface area contributed by atoms with Crippen molar-refractivity contribution in [1.82, 2.24) is 0 Å². The number of rotatable bonds is 5. The minimum absolute atomic E-state index is 0.0314. The summed E-state index contributed by atoms with van der Waals surface area (Å²) in [6.07, 6.45) is 0. The maximum Gasteiger partial charge on any atom is 0.337 e. The number of hydrogen-bond donors (Lipinski definition) is 2. The number of carbonyl (C=O) groups excluding carboxylic acids is 1. The highest BCUT2D eigenvalue weighted by Crippen LogP contribution is 2.25. The molecular weight excluding hydrogens is 302 g/mol. The van der Waals surface area contributed by atoms with E-state index in [4.69, 9.17) is 14.6 Å². The predicted octanol–water partition coefficient (Wildman–Crippen LogP) is 1.73. The second-order valence-electron chi connectivity index (χ2n) is 4.57. The molecule has 7 heteroatoms. The van der Waals surface area contributed by atoms with Crippen LogP contribution in [-0.4, -0.2) is 31.2 Å². The van der Waals surface area contributed by atoms with Crippen LogP contribution in [0.4, 0.5) is 5.69 Å². The van der Waals surface area contributed by atoms with Crippen molar-refractivity contribution in [2.24, 2.45) is 0 Å². The molecule has 0 aliphatic heterocycles. The summed E-state index contributed by atoms with van der Waals surface area (Å²) in [7, 11) is 2.90. The number of carbonyl (C=O) groups is 2. The molecule has 0 saturated carbocycles. The van der Waals surface area contributed by atoms with E-state index in [2.05, 4.69) is 5.32 Å². The first kappa shape index (κ1) is 16.2. The van der Waals surface area contributed by atoms with E-state index in [0.29, 0.717) is 11.5 Å². The largest absolute Gasteiger partial charge is 0.872 e. The first-order valence-corrected chi connectivity index (χ1v) is 6.53. The van der Waals surface area contributed by atoms with Gasteiger partial charge < -0.3 is 25.0 Å². The number of aromatic carboxylic acids is 1. The lowest BCUT2D eigenvalue weighted by Gasteiger charge is -2.13. The summed E-state index contributed by atoms with van der Waals surface area (Å²) in [5.74, 6) is -1.47. The Morgan fingerprint density at radius 3 is 2.17 bits per heavy atom. The van der Waals surface area contributed by atoms with Gasteiger partial charge in [-0.2, -0.15) is 0 Å².